The molecule has 1 heteroatoms. The molecule has 0 saturated heterocycles. The summed E-state index contributed by atoms with van der Waals surface area (Å²) in [6.45, 7) is 1.45. The quantitative estimate of drug-likeness (QED) is 0.549. The fourth-order valence-corrected chi connectivity index (χ4v) is 0.370. The molecule has 6 heavy (non-hydrogen) atoms. The molecule has 0 aromatic rings. The SMILES string of the molecule is [2H]C([2H])(C)CCC([2H])([2H])Br. The average Bonchev–Trinajstić information content (AvgIpc) is 1.57. The number of rotatable bonds is 3. The molecule has 0 N–H and O–H groups in total. The molecule has 0 radical (unpaired) electrons. The summed E-state index contributed by atoms with van der Waals surface area (Å²) in [7, 11) is 0. The summed E-state index contributed by atoms with van der Waals surface area (Å²) in [5, 5.41) is -1.42. The Balaban J connectivity index is 3.56. The molecule has 0 nitrogen and oxygen atoms in total. The first-order valence-electron chi connectivity index (χ1n) is 3.90. The Kier molecular flexibility index (Phi) is 1.98. The molecule has 0 heterocycles. The summed E-state index contributed by atoms with van der Waals surface area (Å²) in [6.07, 6.45) is -0.817. The Morgan fingerprint density at radius 3 is 2.50 bits per heavy atom. The normalized spacial score (nSPS) is 23.7. The Morgan fingerprint density at radius 2 is 2.33 bits per heavy atom. The minimum Gasteiger partial charge on any atom is -0.0928 e. The largest absolute Gasteiger partial charge is 0.0928 e. The average molecular weight is 155 g/mol. The molecule has 0 aliphatic rings. The summed E-state index contributed by atoms with van der Waals surface area (Å²) in [4.78, 5) is 0. The highest BCUT2D eigenvalue weighted by atomic mass is 79.9. The van der Waals surface area contributed by atoms with Crippen LogP contribution >= 0.6 is 15.9 Å². The topological polar surface area (TPSA) is 0 Å². The lowest BCUT2D eigenvalue weighted by molar-refractivity contribution is 0.781. The van der Waals surface area contributed by atoms with Gasteiger partial charge in [-0.05, 0) is 6.42 Å². The lowest BCUT2D eigenvalue weighted by Gasteiger charge is -1.85. The van der Waals surface area contributed by atoms with Gasteiger partial charge in [0.25, 0.3) is 0 Å². The molecule has 0 amide bonds. The van der Waals surface area contributed by atoms with E-state index >= 15 is 0 Å². The van der Waals surface area contributed by atoms with Gasteiger partial charge in [0.05, 0.1) is 0 Å². The van der Waals surface area contributed by atoms with Crippen LogP contribution in [-0.4, -0.2) is 5.28 Å². The monoisotopic (exact) mass is 154 g/mol. The van der Waals surface area contributed by atoms with Crippen LogP contribution in [0.3, 0.4) is 0 Å². The van der Waals surface area contributed by atoms with Gasteiger partial charge in [-0.1, -0.05) is 35.6 Å². The highest BCUT2D eigenvalue weighted by Gasteiger charge is 1.76. The number of halogens is 1. The van der Waals surface area contributed by atoms with E-state index in [-0.39, 0.29) is 12.8 Å². The van der Waals surface area contributed by atoms with Gasteiger partial charge in [-0.25, -0.2) is 0 Å². The molecular weight excluding hydrogens is 140 g/mol. The molecule has 0 aliphatic carbocycles. The standard InChI is InChI=1S/C5H11Br/c1-2-3-4-5-6/h2-5H2,1H3/i2D2,5D2. The third-order valence-electron chi connectivity index (χ3n) is 0.469. The summed E-state index contributed by atoms with van der Waals surface area (Å²) in [5.74, 6) is 0. The van der Waals surface area contributed by atoms with Gasteiger partial charge < -0.3 is 0 Å². The lowest BCUT2D eigenvalue weighted by atomic mass is 10.3. The van der Waals surface area contributed by atoms with Crippen molar-refractivity contribution < 1.29 is 5.48 Å². The molecular formula is C5H11Br. The van der Waals surface area contributed by atoms with Crippen LogP contribution in [0.4, 0.5) is 0 Å². The minimum atomic E-state index is -1.42. The van der Waals surface area contributed by atoms with Crippen LogP contribution < -0.4 is 0 Å². The van der Waals surface area contributed by atoms with Crippen molar-refractivity contribution in [1.29, 1.82) is 0 Å². The van der Waals surface area contributed by atoms with Gasteiger partial charge in [0.2, 0.25) is 0 Å². The van der Waals surface area contributed by atoms with Crippen molar-refractivity contribution in [3.8, 4) is 0 Å². The summed E-state index contributed by atoms with van der Waals surface area (Å²) >= 11 is 2.80. The zero-order chi connectivity index (χ0) is 8.41. The van der Waals surface area contributed by atoms with Crippen molar-refractivity contribution in [2.75, 3.05) is 5.28 Å². The van der Waals surface area contributed by atoms with Gasteiger partial charge in [0.1, 0.15) is 0 Å². The van der Waals surface area contributed by atoms with Crippen LogP contribution in [0.1, 0.15) is 31.6 Å². The molecule has 0 spiro atoms. The van der Waals surface area contributed by atoms with Gasteiger partial charge in [0, 0.05) is 10.8 Å². The Bertz CT molecular complexity index is 87.2. The van der Waals surface area contributed by atoms with Crippen molar-refractivity contribution in [3.63, 3.8) is 0 Å². The second-order valence-corrected chi connectivity index (χ2v) is 1.55. The van der Waals surface area contributed by atoms with Crippen molar-refractivity contribution in [3.05, 3.63) is 0 Å². The van der Waals surface area contributed by atoms with E-state index in [1.165, 1.54) is 6.92 Å². The van der Waals surface area contributed by atoms with E-state index in [1.54, 1.807) is 0 Å². The molecule has 0 atom stereocenters. The van der Waals surface area contributed by atoms with Crippen LogP contribution in [0.2, 0.25) is 0 Å². The van der Waals surface area contributed by atoms with Gasteiger partial charge in [-0.2, -0.15) is 0 Å². The second kappa shape index (κ2) is 5.48. The summed E-state index contributed by atoms with van der Waals surface area (Å²) in [6, 6.07) is 0. The number of hydrogen-bond acceptors (Lipinski definition) is 0. The molecule has 0 rings (SSSR count). The van der Waals surface area contributed by atoms with E-state index in [4.69, 9.17) is 5.48 Å². The molecule has 0 fully saturated rings. The minimum absolute atomic E-state index is 0.205. The van der Waals surface area contributed by atoms with Gasteiger partial charge in [-0.15, -0.1) is 0 Å². The predicted octanol–water partition coefficient (Wildman–Crippen LogP) is 2.57. The van der Waals surface area contributed by atoms with E-state index < -0.39 is 11.7 Å². The highest BCUT2D eigenvalue weighted by Crippen LogP contribution is 1.95. The lowest BCUT2D eigenvalue weighted by Crippen LogP contribution is -1.70. The zero-order valence-electron chi connectivity index (χ0n) is 7.79. The van der Waals surface area contributed by atoms with Crippen LogP contribution in [0.25, 0.3) is 0 Å². The Morgan fingerprint density at radius 1 is 1.67 bits per heavy atom. The van der Waals surface area contributed by atoms with Crippen molar-refractivity contribution in [2.45, 2.75) is 26.1 Å². The number of alkyl halides is 1. The fourth-order valence-electron chi connectivity index (χ4n) is 0.172. The molecule has 38 valence electrons. The molecule has 0 saturated carbocycles. The smallest absolute Gasteiger partial charge is 0.0387 e. The van der Waals surface area contributed by atoms with Gasteiger partial charge >= 0.3 is 0 Å². The summed E-state index contributed by atoms with van der Waals surface area (Å²) < 4.78 is 28.2. The zero-order valence-corrected chi connectivity index (χ0v) is 5.38. The molecule has 0 unspecified atom stereocenters. The highest BCUT2D eigenvalue weighted by molar-refractivity contribution is 9.09. The Labute approximate surface area is 53.7 Å². The van der Waals surface area contributed by atoms with Gasteiger partial charge in [-0.3, -0.25) is 0 Å². The maximum Gasteiger partial charge on any atom is 0.0387 e. The molecule has 0 aromatic heterocycles. The first-order chi connectivity index (χ1) is 4.21. The first kappa shape index (κ1) is 2.17. The summed E-state index contributed by atoms with van der Waals surface area (Å²) in [5.41, 5.74) is 0. The van der Waals surface area contributed by atoms with Crippen molar-refractivity contribution in [2.24, 2.45) is 0 Å². The van der Waals surface area contributed by atoms with Gasteiger partial charge in [0.15, 0.2) is 0 Å². The maximum atomic E-state index is 7.09. The third kappa shape index (κ3) is 4.48. The van der Waals surface area contributed by atoms with E-state index in [0.717, 1.165) is 0 Å². The molecule has 0 aliphatic heterocycles. The van der Waals surface area contributed by atoms with E-state index in [2.05, 4.69) is 15.9 Å². The predicted molar refractivity (Wildman–Crippen MR) is 33.3 cm³/mol. The van der Waals surface area contributed by atoms with E-state index in [9.17, 15) is 0 Å². The number of hydrogen-bond donors (Lipinski definition) is 0. The van der Waals surface area contributed by atoms with Crippen LogP contribution in [-0.2, 0) is 0 Å². The van der Waals surface area contributed by atoms with Crippen molar-refractivity contribution in [1.82, 2.24) is 0 Å². The van der Waals surface area contributed by atoms with Crippen LogP contribution in [0.5, 0.6) is 0 Å². The third-order valence-corrected chi connectivity index (χ3v) is 0.866. The Hall–Kier alpha value is 0.480. The van der Waals surface area contributed by atoms with E-state index in [0.29, 0.717) is 0 Å². The molecule has 0 bridgehead atoms. The molecule has 0 aromatic carbocycles. The van der Waals surface area contributed by atoms with Crippen LogP contribution in [0, 0.1) is 0 Å². The van der Waals surface area contributed by atoms with E-state index in [1.807, 2.05) is 0 Å². The second-order valence-electron chi connectivity index (χ2n) is 0.987. The fraction of sp³-hybridized carbons (Fsp3) is 1.00. The first-order valence-corrected chi connectivity index (χ1v) is 2.69. The van der Waals surface area contributed by atoms with Crippen LogP contribution in [0.15, 0.2) is 0 Å². The van der Waals surface area contributed by atoms with Crippen molar-refractivity contribution >= 4 is 15.9 Å². The maximum absolute atomic E-state index is 7.09.